The Morgan fingerprint density at radius 2 is 2.20 bits per heavy atom. The van der Waals surface area contributed by atoms with Crippen LogP contribution in [0.15, 0.2) is 18.5 Å². The summed E-state index contributed by atoms with van der Waals surface area (Å²) in [7, 11) is 0. The number of hydrogen-bond donors (Lipinski definition) is 2. The van der Waals surface area contributed by atoms with Crippen molar-refractivity contribution in [2.75, 3.05) is 44.8 Å². The largest absolute Gasteiger partial charge is 0.377 e. The smallest absolute Gasteiger partial charge is 0.317 e. The Morgan fingerprint density at radius 3 is 3.00 bits per heavy atom. The number of aromatic nitrogens is 2. The summed E-state index contributed by atoms with van der Waals surface area (Å²) < 4.78 is 11.9. The van der Waals surface area contributed by atoms with Gasteiger partial charge in [0.1, 0.15) is 5.60 Å². The second-order valence-corrected chi connectivity index (χ2v) is 7.22. The predicted molar refractivity (Wildman–Crippen MR) is 91.3 cm³/mol. The molecule has 2 atom stereocenters. The zero-order valence-electron chi connectivity index (χ0n) is 14.3. The third-order valence-corrected chi connectivity index (χ3v) is 4.94. The molecule has 0 radical (unpaired) electrons. The van der Waals surface area contributed by atoms with E-state index in [1.807, 2.05) is 4.90 Å². The second-order valence-electron chi connectivity index (χ2n) is 7.22. The molecular formula is C17H25N5O3. The van der Waals surface area contributed by atoms with Gasteiger partial charge in [0.25, 0.3) is 0 Å². The van der Waals surface area contributed by atoms with Crippen LogP contribution in [0.25, 0.3) is 0 Å². The summed E-state index contributed by atoms with van der Waals surface area (Å²) in [5.74, 6) is 0.977. The summed E-state index contributed by atoms with van der Waals surface area (Å²) in [5, 5.41) is 6.32. The molecule has 0 bridgehead atoms. The lowest BCUT2D eigenvalue weighted by Crippen LogP contribution is -2.50. The highest BCUT2D eigenvalue weighted by Crippen LogP contribution is 2.33. The maximum absolute atomic E-state index is 12.4. The van der Waals surface area contributed by atoms with Gasteiger partial charge in [0.2, 0.25) is 5.95 Å². The molecule has 0 unspecified atom stereocenters. The third kappa shape index (κ3) is 4.19. The zero-order chi connectivity index (χ0) is 17.1. The van der Waals surface area contributed by atoms with Gasteiger partial charge in [0.15, 0.2) is 0 Å². The van der Waals surface area contributed by atoms with Gasteiger partial charge in [0, 0.05) is 37.4 Å². The van der Waals surface area contributed by atoms with Crippen LogP contribution in [0.1, 0.15) is 19.3 Å². The Kier molecular flexibility index (Phi) is 4.72. The van der Waals surface area contributed by atoms with Gasteiger partial charge in [-0.15, -0.1) is 0 Å². The fourth-order valence-corrected chi connectivity index (χ4v) is 3.48. The second kappa shape index (κ2) is 7.13. The number of carbonyl (C=O) groups excluding carboxylic acids is 1. The van der Waals surface area contributed by atoms with Crippen molar-refractivity contribution < 1.29 is 14.3 Å². The van der Waals surface area contributed by atoms with E-state index in [4.69, 9.17) is 9.47 Å². The first-order chi connectivity index (χ1) is 12.2. The molecule has 3 aliphatic rings. The number of anilines is 1. The molecule has 8 nitrogen and oxygen atoms in total. The molecule has 3 heterocycles. The average Bonchev–Trinajstić information content (AvgIpc) is 3.38. The van der Waals surface area contributed by atoms with Crippen LogP contribution in [-0.2, 0) is 9.47 Å². The maximum Gasteiger partial charge on any atom is 0.317 e. The molecule has 1 aromatic heterocycles. The van der Waals surface area contributed by atoms with Crippen LogP contribution < -0.4 is 10.6 Å². The van der Waals surface area contributed by atoms with Crippen molar-refractivity contribution >= 4 is 12.0 Å². The van der Waals surface area contributed by atoms with Gasteiger partial charge in [-0.05, 0) is 25.3 Å². The molecule has 1 aromatic rings. The molecule has 1 spiro atoms. The summed E-state index contributed by atoms with van der Waals surface area (Å²) in [4.78, 5) is 22.6. The standard InChI is InChI=1S/C17H25N5O3/c23-16(21-14-2-3-14)22-6-7-24-12-17(11-22)8-13(10-25-17)9-20-15-18-4-1-5-19-15/h1,4-5,13-14H,2-3,6-12H2,(H,21,23)(H,18,19,20)/t13-,17-/m1/s1. The number of nitrogens with one attached hydrogen (secondary N) is 2. The van der Waals surface area contributed by atoms with Crippen LogP contribution in [-0.4, -0.2) is 72.0 Å². The number of urea groups is 1. The van der Waals surface area contributed by atoms with Gasteiger partial charge in [-0.25, -0.2) is 14.8 Å². The van der Waals surface area contributed by atoms with Gasteiger partial charge in [-0.2, -0.15) is 0 Å². The lowest BCUT2D eigenvalue weighted by molar-refractivity contribution is -0.0530. The van der Waals surface area contributed by atoms with E-state index in [-0.39, 0.29) is 6.03 Å². The first kappa shape index (κ1) is 16.5. The molecule has 2 N–H and O–H groups in total. The van der Waals surface area contributed by atoms with Crippen LogP contribution in [0.4, 0.5) is 10.7 Å². The molecule has 136 valence electrons. The van der Waals surface area contributed by atoms with Gasteiger partial charge in [0.05, 0.1) is 26.4 Å². The SMILES string of the molecule is O=C(NC1CC1)N1CCOC[C@@]2(C[C@H](CNc3ncccn3)CO2)C1. The van der Waals surface area contributed by atoms with Crippen LogP contribution in [0.3, 0.4) is 0 Å². The van der Waals surface area contributed by atoms with Crippen LogP contribution >= 0.6 is 0 Å². The van der Waals surface area contributed by atoms with Gasteiger partial charge < -0.3 is 25.0 Å². The van der Waals surface area contributed by atoms with Crippen molar-refractivity contribution in [2.45, 2.75) is 30.9 Å². The lowest BCUT2D eigenvalue weighted by Gasteiger charge is -2.31. The summed E-state index contributed by atoms with van der Waals surface area (Å²) in [5.41, 5.74) is -0.402. The van der Waals surface area contributed by atoms with E-state index in [0.717, 1.165) is 25.8 Å². The van der Waals surface area contributed by atoms with E-state index < -0.39 is 5.60 Å². The highest BCUT2D eigenvalue weighted by atomic mass is 16.5. The molecule has 2 amide bonds. The minimum absolute atomic E-state index is 0.00948. The molecule has 2 aliphatic heterocycles. The molecule has 2 saturated heterocycles. The van der Waals surface area contributed by atoms with E-state index >= 15 is 0 Å². The Bertz CT molecular complexity index is 597. The molecule has 1 aliphatic carbocycles. The lowest BCUT2D eigenvalue weighted by atomic mass is 9.94. The number of carbonyl (C=O) groups is 1. The quantitative estimate of drug-likeness (QED) is 0.840. The fraction of sp³-hybridized carbons (Fsp3) is 0.706. The Balaban J connectivity index is 1.33. The third-order valence-electron chi connectivity index (χ3n) is 4.94. The van der Waals surface area contributed by atoms with Crippen molar-refractivity contribution in [2.24, 2.45) is 5.92 Å². The monoisotopic (exact) mass is 347 g/mol. The topological polar surface area (TPSA) is 88.6 Å². The van der Waals surface area contributed by atoms with Crippen molar-refractivity contribution in [3.05, 3.63) is 18.5 Å². The molecule has 0 aromatic carbocycles. The molecule has 25 heavy (non-hydrogen) atoms. The molecular weight excluding hydrogens is 322 g/mol. The minimum atomic E-state index is -0.402. The van der Waals surface area contributed by atoms with E-state index in [9.17, 15) is 4.79 Å². The fourth-order valence-electron chi connectivity index (χ4n) is 3.48. The number of ether oxygens (including phenoxy) is 2. The van der Waals surface area contributed by atoms with Gasteiger partial charge in [-0.3, -0.25) is 0 Å². The Hall–Kier alpha value is -1.93. The highest BCUT2D eigenvalue weighted by Gasteiger charge is 2.44. The first-order valence-corrected chi connectivity index (χ1v) is 9.00. The molecule has 3 fully saturated rings. The number of nitrogens with zero attached hydrogens (tertiary/aromatic N) is 3. The molecule has 4 rings (SSSR count). The van der Waals surface area contributed by atoms with Crippen molar-refractivity contribution in [1.29, 1.82) is 0 Å². The summed E-state index contributed by atoms with van der Waals surface area (Å²) in [6, 6.07) is 2.17. The van der Waals surface area contributed by atoms with E-state index in [1.54, 1.807) is 18.5 Å². The van der Waals surface area contributed by atoms with Crippen LogP contribution in [0.5, 0.6) is 0 Å². The van der Waals surface area contributed by atoms with Crippen molar-refractivity contribution in [3.63, 3.8) is 0 Å². The molecule has 8 heteroatoms. The highest BCUT2D eigenvalue weighted by molar-refractivity contribution is 5.75. The predicted octanol–water partition coefficient (Wildman–Crippen LogP) is 0.868. The Labute approximate surface area is 147 Å². The number of hydrogen-bond acceptors (Lipinski definition) is 6. The Morgan fingerprint density at radius 1 is 1.36 bits per heavy atom. The van der Waals surface area contributed by atoms with E-state index in [0.29, 0.717) is 50.8 Å². The minimum Gasteiger partial charge on any atom is -0.377 e. The van der Waals surface area contributed by atoms with Crippen molar-refractivity contribution in [3.8, 4) is 0 Å². The normalized spacial score (nSPS) is 29.4. The number of rotatable bonds is 4. The number of amides is 2. The first-order valence-electron chi connectivity index (χ1n) is 9.00. The van der Waals surface area contributed by atoms with Gasteiger partial charge >= 0.3 is 6.03 Å². The van der Waals surface area contributed by atoms with Crippen LogP contribution in [0, 0.1) is 5.92 Å². The summed E-state index contributed by atoms with van der Waals surface area (Å²) in [6.07, 6.45) is 6.48. The van der Waals surface area contributed by atoms with Crippen molar-refractivity contribution in [1.82, 2.24) is 20.2 Å². The summed E-state index contributed by atoms with van der Waals surface area (Å²) >= 11 is 0. The van der Waals surface area contributed by atoms with Crippen LogP contribution in [0.2, 0.25) is 0 Å². The van der Waals surface area contributed by atoms with E-state index in [2.05, 4.69) is 20.6 Å². The maximum atomic E-state index is 12.4. The zero-order valence-corrected chi connectivity index (χ0v) is 14.3. The average molecular weight is 347 g/mol. The summed E-state index contributed by atoms with van der Waals surface area (Å²) in [6.45, 7) is 3.71. The molecule has 1 saturated carbocycles. The van der Waals surface area contributed by atoms with Gasteiger partial charge in [-0.1, -0.05) is 0 Å². The van der Waals surface area contributed by atoms with E-state index in [1.165, 1.54) is 0 Å².